The van der Waals surface area contributed by atoms with Gasteiger partial charge >= 0.3 is 0 Å². The average Bonchev–Trinajstić information content (AvgIpc) is 3.62. The first-order valence-corrected chi connectivity index (χ1v) is 15.5. The molecule has 4 rings (SSSR count). The largest absolute Gasteiger partial charge is 0.378 e. The molecule has 228 valence electrons. The van der Waals surface area contributed by atoms with Gasteiger partial charge in [0.15, 0.2) is 9.84 Å². The van der Waals surface area contributed by atoms with Crippen molar-refractivity contribution in [2.24, 2.45) is 0 Å². The molecule has 2 fully saturated rings. The summed E-state index contributed by atoms with van der Waals surface area (Å²) in [5.74, 6) is -3.96. The number of carbonyl (C=O) groups excluding carboxylic acids is 3. The zero-order chi connectivity index (χ0) is 30.7. The van der Waals surface area contributed by atoms with E-state index >= 15 is 0 Å². The van der Waals surface area contributed by atoms with Crippen LogP contribution in [-0.4, -0.2) is 106 Å². The van der Waals surface area contributed by atoms with E-state index < -0.39 is 45.2 Å². The van der Waals surface area contributed by atoms with Crippen LogP contribution in [0.2, 0.25) is 0 Å². The summed E-state index contributed by atoms with van der Waals surface area (Å²) in [5.41, 5.74) is 0.224. The Morgan fingerprint density at radius 1 is 1.05 bits per heavy atom. The number of ether oxygens (including phenoxy) is 1. The van der Waals surface area contributed by atoms with Gasteiger partial charge in [-0.25, -0.2) is 17.2 Å². The third kappa shape index (κ3) is 7.69. The lowest BCUT2D eigenvalue weighted by Crippen LogP contribution is -2.54. The van der Waals surface area contributed by atoms with E-state index in [1.165, 1.54) is 36.0 Å². The van der Waals surface area contributed by atoms with Gasteiger partial charge < -0.3 is 25.2 Å². The highest BCUT2D eigenvalue weighted by molar-refractivity contribution is 7.91. The molecule has 1 saturated heterocycles. The number of halogens is 2. The van der Waals surface area contributed by atoms with Crippen molar-refractivity contribution in [1.29, 1.82) is 0 Å². The van der Waals surface area contributed by atoms with Gasteiger partial charge in [-0.1, -0.05) is 12.1 Å². The Labute approximate surface area is 244 Å². The highest BCUT2D eigenvalue weighted by atomic mass is 32.2. The number of nitrogens with one attached hydrogen (secondary N) is 2. The molecule has 42 heavy (non-hydrogen) atoms. The molecule has 1 aliphatic heterocycles. The summed E-state index contributed by atoms with van der Waals surface area (Å²) in [4.78, 5) is 41.9. The predicted molar refractivity (Wildman–Crippen MR) is 152 cm³/mol. The van der Waals surface area contributed by atoms with Gasteiger partial charge in [-0.2, -0.15) is 0 Å². The second kappa shape index (κ2) is 12.8. The molecule has 3 amide bonds. The van der Waals surface area contributed by atoms with E-state index in [2.05, 4.69) is 10.6 Å². The number of nitrogens with zero attached hydrogens (tertiary/aromatic N) is 2. The Morgan fingerprint density at radius 2 is 1.69 bits per heavy atom. The number of amides is 3. The van der Waals surface area contributed by atoms with Gasteiger partial charge in [0.05, 0.1) is 35.8 Å². The van der Waals surface area contributed by atoms with Crippen molar-refractivity contribution in [2.45, 2.75) is 30.8 Å². The lowest BCUT2D eigenvalue weighted by atomic mass is 10.0. The Balaban J connectivity index is 1.46. The number of carbonyl (C=O) groups is 3. The lowest BCUT2D eigenvalue weighted by Gasteiger charge is -2.31. The average molecular weight is 607 g/mol. The zero-order valence-electron chi connectivity index (χ0n) is 23.9. The van der Waals surface area contributed by atoms with Gasteiger partial charge in [0.25, 0.3) is 11.8 Å². The third-order valence-corrected chi connectivity index (χ3v) is 9.33. The molecular weight excluding hydrogens is 570 g/mol. The molecule has 0 aromatic heterocycles. The van der Waals surface area contributed by atoms with E-state index in [1.807, 2.05) is 6.92 Å². The summed E-state index contributed by atoms with van der Waals surface area (Å²) < 4.78 is 59.0. The minimum atomic E-state index is -3.86. The standard InChI is InChI=1S/C29H36F2N4O6S/c1-29(17-24(29)19-4-6-20(30)7-5-19)32-10-15-42(39,40)18-25(28(38)35-11-13-41-14-12-35)33-26(36)22-9-8-21(31)16-23(22)27(37)34(2)3/h4-9,16,24-25,32H,10-15,17-18H2,1-3H3,(H,33,36)/t24-,25-,29+/m0/s1. The van der Waals surface area contributed by atoms with Crippen LogP contribution in [0.3, 0.4) is 0 Å². The molecule has 1 saturated carbocycles. The fourth-order valence-electron chi connectivity index (χ4n) is 5.12. The van der Waals surface area contributed by atoms with Crippen molar-refractivity contribution >= 4 is 27.6 Å². The first kappa shape index (κ1) is 31.5. The van der Waals surface area contributed by atoms with Crippen molar-refractivity contribution in [3.63, 3.8) is 0 Å². The van der Waals surface area contributed by atoms with Crippen molar-refractivity contribution in [3.8, 4) is 0 Å². The number of benzene rings is 2. The van der Waals surface area contributed by atoms with Crippen LogP contribution in [0, 0.1) is 11.6 Å². The molecule has 10 nitrogen and oxygen atoms in total. The lowest BCUT2D eigenvalue weighted by molar-refractivity contribution is -0.136. The second-order valence-corrected chi connectivity index (χ2v) is 13.3. The maximum Gasteiger partial charge on any atom is 0.254 e. The topological polar surface area (TPSA) is 125 Å². The van der Waals surface area contributed by atoms with Crippen LogP contribution in [0.4, 0.5) is 8.78 Å². The van der Waals surface area contributed by atoms with Gasteiger partial charge in [0, 0.05) is 45.2 Å². The van der Waals surface area contributed by atoms with Crippen LogP contribution in [0.5, 0.6) is 0 Å². The van der Waals surface area contributed by atoms with Crippen LogP contribution in [0.1, 0.15) is 45.5 Å². The van der Waals surface area contributed by atoms with E-state index in [9.17, 15) is 31.6 Å². The number of sulfone groups is 1. The molecule has 2 aromatic rings. The minimum absolute atomic E-state index is 0.113. The molecular formula is C29H36F2N4O6S. The zero-order valence-corrected chi connectivity index (χ0v) is 24.7. The fraction of sp³-hybridized carbons (Fsp3) is 0.483. The van der Waals surface area contributed by atoms with E-state index in [1.54, 1.807) is 12.1 Å². The van der Waals surface area contributed by atoms with Crippen LogP contribution in [0.25, 0.3) is 0 Å². The van der Waals surface area contributed by atoms with E-state index in [4.69, 9.17) is 4.74 Å². The first-order chi connectivity index (χ1) is 19.8. The molecule has 0 spiro atoms. The normalized spacial score (nSPS) is 21.0. The van der Waals surface area contributed by atoms with Gasteiger partial charge in [-0.05, 0) is 49.2 Å². The second-order valence-electron chi connectivity index (χ2n) is 11.1. The van der Waals surface area contributed by atoms with Crippen molar-refractivity contribution in [1.82, 2.24) is 20.4 Å². The number of hydrogen-bond acceptors (Lipinski definition) is 7. The smallest absolute Gasteiger partial charge is 0.254 e. The molecule has 0 unspecified atom stereocenters. The maximum absolute atomic E-state index is 14.0. The SMILES string of the molecule is CN(C)C(=O)c1cc(F)ccc1C(=O)N[C@@H](CS(=O)(=O)CCN[C@]1(C)C[C@H]1c1ccc(F)cc1)C(=O)N1CCOCC1. The molecule has 2 aliphatic rings. The van der Waals surface area contributed by atoms with Crippen molar-refractivity contribution in [2.75, 3.05) is 58.4 Å². The van der Waals surface area contributed by atoms with Gasteiger partial charge in [0.1, 0.15) is 17.7 Å². The summed E-state index contributed by atoms with van der Waals surface area (Å²) in [7, 11) is -0.965. The third-order valence-electron chi connectivity index (χ3n) is 7.66. The van der Waals surface area contributed by atoms with E-state index in [0.717, 1.165) is 30.2 Å². The Bertz CT molecular complexity index is 1430. The van der Waals surface area contributed by atoms with E-state index in [-0.39, 0.29) is 67.0 Å². The van der Waals surface area contributed by atoms with Gasteiger partial charge in [-0.3, -0.25) is 14.4 Å². The molecule has 13 heteroatoms. The van der Waals surface area contributed by atoms with Gasteiger partial charge in [-0.15, -0.1) is 0 Å². The maximum atomic E-state index is 14.0. The first-order valence-electron chi connectivity index (χ1n) is 13.7. The summed E-state index contributed by atoms with van der Waals surface area (Å²) in [6.07, 6.45) is 0.762. The Hall–Kier alpha value is -3.42. The number of morpholine rings is 1. The molecule has 2 aromatic carbocycles. The van der Waals surface area contributed by atoms with Gasteiger partial charge in [0.2, 0.25) is 5.91 Å². The molecule has 1 heterocycles. The van der Waals surface area contributed by atoms with Crippen LogP contribution >= 0.6 is 0 Å². The predicted octanol–water partition coefficient (Wildman–Crippen LogP) is 1.57. The summed E-state index contributed by atoms with van der Waals surface area (Å²) >= 11 is 0. The molecule has 1 aliphatic carbocycles. The summed E-state index contributed by atoms with van der Waals surface area (Å²) in [6.45, 7) is 3.09. The summed E-state index contributed by atoms with van der Waals surface area (Å²) in [6, 6.07) is 7.85. The Morgan fingerprint density at radius 3 is 2.33 bits per heavy atom. The highest BCUT2D eigenvalue weighted by Crippen LogP contribution is 2.50. The number of rotatable bonds is 11. The van der Waals surface area contributed by atoms with Crippen molar-refractivity contribution in [3.05, 3.63) is 70.8 Å². The van der Waals surface area contributed by atoms with Crippen LogP contribution < -0.4 is 10.6 Å². The highest BCUT2D eigenvalue weighted by Gasteiger charge is 2.50. The monoisotopic (exact) mass is 606 g/mol. The summed E-state index contributed by atoms with van der Waals surface area (Å²) in [5, 5.41) is 5.77. The van der Waals surface area contributed by atoms with Crippen LogP contribution in [0.15, 0.2) is 42.5 Å². The fourth-order valence-corrected chi connectivity index (χ4v) is 6.43. The molecule has 0 bridgehead atoms. The Kier molecular flexibility index (Phi) is 9.63. The number of hydrogen-bond donors (Lipinski definition) is 2. The molecule has 0 radical (unpaired) electrons. The minimum Gasteiger partial charge on any atom is -0.378 e. The molecule has 3 atom stereocenters. The quantitative estimate of drug-likeness (QED) is 0.398. The van der Waals surface area contributed by atoms with E-state index in [0.29, 0.717) is 0 Å². The van der Waals surface area contributed by atoms with Crippen molar-refractivity contribution < 1.29 is 36.3 Å². The van der Waals surface area contributed by atoms with Crippen LogP contribution in [-0.2, 0) is 19.4 Å². The molecule has 2 N–H and O–H groups in total.